The molecule has 0 aliphatic carbocycles. The summed E-state index contributed by atoms with van der Waals surface area (Å²) in [6.07, 6.45) is 0.816. The zero-order valence-corrected chi connectivity index (χ0v) is 12.7. The van der Waals surface area contributed by atoms with E-state index in [0.29, 0.717) is 24.4 Å². The molecule has 1 aromatic heterocycles. The molecule has 1 aliphatic rings. The van der Waals surface area contributed by atoms with Crippen molar-refractivity contribution in [1.82, 2.24) is 9.46 Å². The molecule has 0 amide bonds. The molecule has 114 valence electrons. The van der Waals surface area contributed by atoms with Crippen LogP contribution >= 0.6 is 0 Å². The summed E-state index contributed by atoms with van der Waals surface area (Å²) in [6.45, 7) is 2.95. The molecule has 3 rings (SSSR count). The molecule has 2 unspecified atom stereocenters. The van der Waals surface area contributed by atoms with Crippen molar-refractivity contribution in [3.63, 3.8) is 0 Å². The minimum atomic E-state index is -3.39. The number of hydrogen-bond donors (Lipinski definition) is 1. The van der Waals surface area contributed by atoms with Crippen molar-refractivity contribution in [1.29, 1.82) is 0 Å². The highest BCUT2D eigenvalue weighted by Gasteiger charge is 2.33. The van der Waals surface area contributed by atoms with Crippen LogP contribution in [-0.4, -0.2) is 37.0 Å². The van der Waals surface area contributed by atoms with Gasteiger partial charge in [-0.15, -0.1) is 0 Å². The van der Waals surface area contributed by atoms with Crippen LogP contribution in [0.5, 0.6) is 0 Å². The molecule has 0 radical (unpaired) electrons. The highest BCUT2D eigenvalue weighted by Crippen LogP contribution is 2.25. The monoisotopic (exact) mass is 309 g/mol. The van der Waals surface area contributed by atoms with Gasteiger partial charge in [0, 0.05) is 24.5 Å². The lowest BCUT2D eigenvalue weighted by molar-refractivity contribution is 0.424. The van der Waals surface area contributed by atoms with Gasteiger partial charge in [-0.05, 0) is 31.4 Å². The minimum Gasteiger partial charge on any atom is -0.356 e. The SMILES string of the molecule is CC(N)C1CCN(S(=O)(=O)Cc2noc3ccccc23)C1. The second-order valence-electron chi connectivity index (χ2n) is 5.65. The summed E-state index contributed by atoms with van der Waals surface area (Å²) in [4.78, 5) is 0. The first-order valence-electron chi connectivity index (χ1n) is 7.04. The molecule has 0 bridgehead atoms. The Kier molecular flexibility index (Phi) is 3.73. The Morgan fingerprint density at radius 1 is 1.48 bits per heavy atom. The first-order valence-corrected chi connectivity index (χ1v) is 8.65. The Morgan fingerprint density at radius 3 is 2.95 bits per heavy atom. The quantitative estimate of drug-likeness (QED) is 0.920. The number of nitrogens with two attached hydrogens (primary N) is 1. The Morgan fingerprint density at radius 2 is 2.24 bits per heavy atom. The van der Waals surface area contributed by atoms with Gasteiger partial charge in [0.2, 0.25) is 10.0 Å². The van der Waals surface area contributed by atoms with Gasteiger partial charge in [-0.2, -0.15) is 0 Å². The van der Waals surface area contributed by atoms with Crippen LogP contribution in [0.25, 0.3) is 11.0 Å². The number of nitrogens with zero attached hydrogens (tertiary/aromatic N) is 2. The van der Waals surface area contributed by atoms with Gasteiger partial charge in [-0.3, -0.25) is 0 Å². The molecule has 0 saturated carbocycles. The molecule has 6 nitrogen and oxygen atoms in total. The molecule has 7 heteroatoms. The van der Waals surface area contributed by atoms with E-state index in [1.165, 1.54) is 4.31 Å². The van der Waals surface area contributed by atoms with Gasteiger partial charge in [0.05, 0.1) is 0 Å². The van der Waals surface area contributed by atoms with Gasteiger partial charge in [-0.25, -0.2) is 12.7 Å². The van der Waals surface area contributed by atoms with Crippen LogP contribution in [0.15, 0.2) is 28.8 Å². The first kappa shape index (κ1) is 14.5. The summed E-state index contributed by atoms with van der Waals surface area (Å²) in [7, 11) is -3.39. The number of fused-ring (bicyclic) bond motifs is 1. The van der Waals surface area contributed by atoms with E-state index >= 15 is 0 Å². The third-order valence-corrected chi connectivity index (χ3v) is 5.85. The number of aromatic nitrogens is 1. The highest BCUT2D eigenvalue weighted by molar-refractivity contribution is 7.88. The molecule has 1 aromatic carbocycles. The Labute approximate surface area is 123 Å². The van der Waals surface area contributed by atoms with Crippen LogP contribution in [-0.2, 0) is 15.8 Å². The molecule has 2 aromatic rings. The molecule has 1 aliphatic heterocycles. The molecule has 2 N–H and O–H groups in total. The smallest absolute Gasteiger partial charge is 0.220 e. The van der Waals surface area contributed by atoms with Crippen LogP contribution in [0.4, 0.5) is 0 Å². The predicted molar refractivity (Wildman–Crippen MR) is 80.0 cm³/mol. The molecule has 1 fully saturated rings. The maximum atomic E-state index is 12.5. The molecule has 21 heavy (non-hydrogen) atoms. The summed E-state index contributed by atoms with van der Waals surface area (Å²) < 4.78 is 31.7. The topological polar surface area (TPSA) is 89.4 Å². The van der Waals surface area contributed by atoms with Crippen LogP contribution < -0.4 is 5.73 Å². The van der Waals surface area contributed by atoms with Crippen molar-refractivity contribution in [2.45, 2.75) is 25.1 Å². The second kappa shape index (κ2) is 5.40. The van der Waals surface area contributed by atoms with E-state index in [2.05, 4.69) is 5.16 Å². The van der Waals surface area contributed by atoms with Gasteiger partial charge in [-0.1, -0.05) is 17.3 Å². The van der Waals surface area contributed by atoms with E-state index < -0.39 is 10.0 Å². The summed E-state index contributed by atoms with van der Waals surface area (Å²) >= 11 is 0. The van der Waals surface area contributed by atoms with Crippen LogP contribution in [0, 0.1) is 5.92 Å². The van der Waals surface area contributed by atoms with Crippen LogP contribution in [0.2, 0.25) is 0 Å². The molecule has 1 saturated heterocycles. The lowest BCUT2D eigenvalue weighted by Crippen LogP contribution is -2.33. The average Bonchev–Trinajstić information content (AvgIpc) is 3.06. The normalized spacial score (nSPS) is 21.9. The minimum absolute atomic E-state index is 0.0121. The van der Waals surface area contributed by atoms with E-state index in [9.17, 15) is 8.42 Å². The number of sulfonamides is 1. The summed E-state index contributed by atoms with van der Waals surface area (Å²) in [5.41, 5.74) is 6.94. The average molecular weight is 309 g/mol. The third-order valence-electron chi connectivity index (χ3n) is 4.10. The zero-order chi connectivity index (χ0) is 15.0. The fraction of sp³-hybridized carbons (Fsp3) is 0.500. The third kappa shape index (κ3) is 2.81. The summed E-state index contributed by atoms with van der Waals surface area (Å²) in [6, 6.07) is 7.29. The van der Waals surface area contributed by atoms with Crippen molar-refractivity contribution in [2.24, 2.45) is 11.7 Å². The number of para-hydroxylation sites is 1. The molecular weight excluding hydrogens is 290 g/mol. The number of rotatable bonds is 4. The predicted octanol–water partition coefficient (Wildman–Crippen LogP) is 1.33. The van der Waals surface area contributed by atoms with Gasteiger partial charge in [0.1, 0.15) is 11.4 Å². The molecule has 2 heterocycles. The maximum Gasteiger partial charge on any atom is 0.220 e. The Bertz CT molecular complexity index is 739. The van der Waals surface area contributed by atoms with Crippen molar-refractivity contribution in [2.75, 3.05) is 13.1 Å². The Balaban J connectivity index is 1.81. The molecule has 2 atom stereocenters. The molecular formula is C14H19N3O3S. The van der Waals surface area contributed by atoms with E-state index in [-0.39, 0.29) is 17.7 Å². The van der Waals surface area contributed by atoms with Crippen LogP contribution in [0.1, 0.15) is 19.0 Å². The van der Waals surface area contributed by atoms with E-state index in [0.717, 1.165) is 11.8 Å². The van der Waals surface area contributed by atoms with Crippen molar-refractivity contribution in [3.8, 4) is 0 Å². The maximum absolute atomic E-state index is 12.5. The van der Waals surface area contributed by atoms with Gasteiger partial charge in [0.25, 0.3) is 0 Å². The lowest BCUT2D eigenvalue weighted by atomic mass is 10.0. The Hall–Kier alpha value is -1.44. The second-order valence-corrected chi connectivity index (χ2v) is 7.62. The lowest BCUT2D eigenvalue weighted by Gasteiger charge is -2.17. The van der Waals surface area contributed by atoms with E-state index in [1.807, 2.05) is 25.1 Å². The van der Waals surface area contributed by atoms with Gasteiger partial charge < -0.3 is 10.3 Å². The molecule has 0 spiro atoms. The summed E-state index contributed by atoms with van der Waals surface area (Å²) in [5, 5.41) is 4.65. The van der Waals surface area contributed by atoms with Gasteiger partial charge >= 0.3 is 0 Å². The van der Waals surface area contributed by atoms with Crippen LogP contribution in [0.3, 0.4) is 0 Å². The number of benzene rings is 1. The van der Waals surface area contributed by atoms with Crippen molar-refractivity contribution in [3.05, 3.63) is 30.0 Å². The van der Waals surface area contributed by atoms with E-state index in [1.54, 1.807) is 6.07 Å². The number of hydrogen-bond acceptors (Lipinski definition) is 5. The fourth-order valence-electron chi connectivity index (χ4n) is 2.74. The van der Waals surface area contributed by atoms with Crippen molar-refractivity contribution < 1.29 is 12.9 Å². The fourth-order valence-corrected chi connectivity index (χ4v) is 4.28. The van der Waals surface area contributed by atoms with Crippen molar-refractivity contribution >= 4 is 21.0 Å². The largest absolute Gasteiger partial charge is 0.356 e. The summed E-state index contributed by atoms with van der Waals surface area (Å²) in [5.74, 6) is 0.101. The van der Waals surface area contributed by atoms with Gasteiger partial charge in [0.15, 0.2) is 5.58 Å². The first-order chi connectivity index (χ1) is 9.97. The zero-order valence-electron chi connectivity index (χ0n) is 11.9. The highest BCUT2D eigenvalue weighted by atomic mass is 32.2. The van der Waals surface area contributed by atoms with E-state index in [4.69, 9.17) is 10.3 Å². The standard InChI is InChI=1S/C14H19N3O3S/c1-10(15)11-6-7-17(8-11)21(18,19)9-13-12-4-2-3-5-14(12)20-16-13/h2-5,10-11H,6-9,15H2,1H3.